The third kappa shape index (κ3) is 5.81. The molecular weight excluding hydrogens is 489 g/mol. The summed E-state index contributed by atoms with van der Waals surface area (Å²) in [5.41, 5.74) is 2.87. The summed E-state index contributed by atoms with van der Waals surface area (Å²) < 4.78 is 38.8. The van der Waals surface area contributed by atoms with E-state index in [0.29, 0.717) is 48.3 Å². The molecule has 180 valence electrons. The van der Waals surface area contributed by atoms with Gasteiger partial charge < -0.3 is 15.5 Å². The van der Waals surface area contributed by atoms with Gasteiger partial charge in [0.2, 0.25) is 0 Å². The van der Waals surface area contributed by atoms with Crippen LogP contribution in [0, 0.1) is 0 Å². The molecule has 4 rings (SSSR count). The third-order valence-corrected chi connectivity index (χ3v) is 6.33. The molecule has 1 saturated heterocycles. The standard InChI is InChI=1S/C23H22ClF3N4O2S/c24-17-6-4-15(5-7-17)14-28-20(32)19-13-22(33-30-19)8-10-31(11-9-22)21(34)29-18-3-1-2-16(12-18)23(25,26)27/h1-7,12-13,30H,8-11,14H2,(H,28,32)(H,29,34). The Balaban J connectivity index is 1.30. The van der Waals surface area contributed by atoms with Gasteiger partial charge in [0.05, 0.1) is 5.56 Å². The van der Waals surface area contributed by atoms with E-state index in [1.54, 1.807) is 18.2 Å². The van der Waals surface area contributed by atoms with Crippen LogP contribution >= 0.6 is 23.8 Å². The van der Waals surface area contributed by atoms with E-state index in [0.717, 1.165) is 17.7 Å². The minimum absolute atomic E-state index is 0.276. The van der Waals surface area contributed by atoms with E-state index < -0.39 is 17.3 Å². The maximum Gasteiger partial charge on any atom is 0.416 e. The molecule has 3 N–H and O–H groups in total. The van der Waals surface area contributed by atoms with Gasteiger partial charge in [0.1, 0.15) is 11.3 Å². The van der Waals surface area contributed by atoms with E-state index in [9.17, 15) is 18.0 Å². The highest BCUT2D eigenvalue weighted by Gasteiger charge is 2.40. The fraction of sp³-hybridized carbons (Fsp3) is 0.304. The molecule has 1 amide bonds. The minimum Gasteiger partial charge on any atom is -0.349 e. The first kappa shape index (κ1) is 24.3. The summed E-state index contributed by atoms with van der Waals surface area (Å²) >= 11 is 11.3. The molecule has 2 aliphatic heterocycles. The van der Waals surface area contributed by atoms with Crippen molar-refractivity contribution in [1.29, 1.82) is 0 Å². The predicted octanol–water partition coefficient (Wildman–Crippen LogP) is 4.63. The first-order chi connectivity index (χ1) is 16.1. The average Bonchev–Trinajstić information content (AvgIpc) is 3.22. The number of hydrogen-bond donors (Lipinski definition) is 3. The Hall–Kier alpha value is -2.82. The van der Waals surface area contributed by atoms with Crippen LogP contribution in [0.3, 0.4) is 0 Å². The smallest absolute Gasteiger partial charge is 0.349 e. The molecule has 1 spiro atoms. The zero-order valence-electron chi connectivity index (χ0n) is 17.9. The van der Waals surface area contributed by atoms with Gasteiger partial charge in [-0.1, -0.05) is 29.8 Å². The van der Waals surface area contributed by atoms with E-state index in [-0.39, 0.29) is 11.6 Å². The lowest BCUT2D eigenvalue weighted by molar-refractivity contribution is -0.137. The first-order valence-electron chi connectivity index (χ1n) is 10.6. The van der Waals surface area contributed by atoms with Crippen molar-refractivity contribution in [3.05, 3.63) is 76.5 Å². The molecule has 2 heterocycles. The van der Waals surface area contributed by atoms with Crippen molar-refractivity contribution in [3.8, 4) is 0 Å². The van der Waals surface area contributed by atoms with E-state index in [2.05, 4.69) is 16.1 Å². The third-order valence-electron chi connectivity index (χ3n) is 5.72. The Labute approximate surface area is 205 Å². The van der Waals surface area contributed by atoms with Gasteiger partial charge in [-0.15, -0.1) is 0 Å². The van der Waals surface area contributed by atoms with Gasteiger partial charge in [-0.25, -0.2) is 0 Å². The number of benzene rings is 2. The first-order valence-corrected chi connectivity index (χ1v) is 11.3. The Morgan fingerprint density at radius 1 is 1.18 bits per heavy atom. The molecule has 34 heavy (non-hydrogen) atoms. The Morgan fingerprint density at radius 2 is 1.88 bits per heavy atom. The zero-order valence-corrected chi connectivity index (χ0v) is 19.5. The number of thiocarbonyl (C=S) groups is 1. The molecule has 6 nitrogen and oxygen atoms in total. The zero-order chi connectivity index (χ0) is 24.3. The lowest BCUT2D eigenvalue weighted by Crippen LogP contribution is -2.48. The second-order valence-electron chi connectivity index (χ2n) is 8.13. The number of likely N-dealkylation sites (tertiary alicyclic amines) is 1. The molecule has 1 fully saturated rings. The second-order valence-corrected chi connectivity index (χ2v) is 8.95. The average molecular weight is 511 g/mol. The monoisotopic (exact) mass is 510 g/mol. The van der Waals surface area contributed by atoms with Gasteiger partial charge in [-0.05, 0) is 54.2 Å². The molecular formula is C23H22ClF3N4O2S. The number of hydrogen-bond acceptors (Lipinski definition) is 4. The molecule has 2 aromatic rings. The van der Waals surface area contributed by atoms with E-state index in [1.807, 2.05) is 17.0 Å². The van der Waals surface area contributed by atoms with Crippen LogP contribution in [-0.2, 0) is 22.4 Å². The number of amides is 1. The minimum atomic E-state index is -4.42. The SMILES string of the molecule is O=C(NCc1ccc(Cl)cc1)C1=CC2(CCN(C(=S)Nc3cccc(C(F)(F)F)c3)CC2)ON1. The van der Waals surface area contributed by atoms with Crippen LogP contribution in [0.25, 0.3) is 0 Å². The molecule has 0 saturated carbocycles. The number of hydroxylamine groups is 1. The van der Waals surface area contributed by atoms with Crippen LogP contribution in [0.2, 0.25) is 5.02 Å². The predicted molar refractivity (Wildman–Crippen MR) is 127 cm³/mol. The van der Waals surface area contributed by atoms with Gasteiger partial charge in [0.15, 0.2) is 5.11 Å². The molecule has 2 aromatic carbocycles. The summed E-state index contributed by atoms with van der Waals surface area (Å²) in [5.74, 6) is -0.281. The number of carbonyl (C=O) groups is 1. The van der Waals surface area contributed by atoms with E-state index in [4.69, 9.17) is 28.7 Å². The van der Waals surface area contributed by atoms with Crippen molar-refractivity contribution in [2.45, 2.75) is 31.2 Å². The van der Waals surface area contributed by atoms with Crippen LogP contribution in [-0.4, -0.2) is 34.6 Å². The number of anilines is 1. The largest absolute Gasteiger partial charge is 0.416 e. The molecule has 0 atom stereocenters. The maximum absolute atomic E-state index is 12.9. The highest BCUT2D eigenvalue weighted by atomic mass is 35.5. The molecule has 2 aliphatic rings. The van der Waals surface area contributed by atoms with Crippen molar-refractivity contribution in [2.75, 3.05) is 18.4 Å². The summed E-state index contributed by atoms with van der Waals surface area (Å²) in [6.45, 7) is 1.39. The van der Waals surface area contributed by atoms with Crippen molar-refractivity contribution in [2.24, 2.45) is 0 Å². The summed E-state index contributed by atoms with van der Waals surface area (Å²) in [6, 6.07) is 12.1. The van der Waals surface area contributed by atoms with Crippen LogP contribution in [0.5, 0.6) is 0 Å². The molecule has 11 heteroatoms. The van der Waals surface area contributed by atoms with Crippen LogP contribution in [0.1, 0.15) is 24.0 Å². The number of piperidine rings is 1. The topological polar surface area (TPSA) is 65.6 Å². The molecule has 0 bridgehead atoms. The lowest BCUT2D eigenvalue weighted by atomic mass is 9.91. The van der Waals surface area contributed by atoms with Crippen molar-refractivity contribution < 1.29 is 22.8 Å². The number of alkyl halides is 3. The van der Waals surface area contributed by atoms with Gasteiger partial charge in [0, 0.05) is 43.2 Å². The van der Waals surface area contributed by atoms with Crippen molar-refractivity contribution in [3.63, 3.8) is 0 Å². The number of nitrogens with zero attached hydrogens (tertiary/aromatic N) is 1. The van der Waals surface area contributed by atoms with E-state index >= 15 is 0 Å². The van der Waals surface area contributed by atoms with Gasteiger partial charge in [-0.3, -0.25) is 15.1 Å². The molecule has 0 radical (unpaired) electrons. The number of nitrogens with one attached hydrogen (secondary N) is 3. The quantitative estimate of drug-likeness (QED) is 0.521. The highest BCUT2D eigenvalue weighted by Crippen LogP contribution is 2.33. The Kier molecular flexibility index (Phi) is 7.01. The number of rotatable bonds is 4. The summed E-state index contributed by atoms with van der Waals surface area (Å²) in [7, 11) is 0. The number of halogens is 4. The van der Waals surface area contributed by atoms with Crippen LogP contribution in [0.4, 0.5) is 18.9 Å². The molecule has 0 unspecified atom stereocenters. The normalized spacial score (nSPS) is 17.2. The van der Waals surface area contributed by atoms with Gasteiger partial charge >= 0.3 is 6.18 Å². The van der Waals surface area contributed by atoms with Crippen LogP contribution in [0.15, 0.2) is 60.3 Å². The maximum atomic E-state index is 12.9. The van der Waals surface area contributed by atoms with Crippen LogP contribution < -0.4 is 16.1 Å². The molecule has 0 aliphatic carbocycles. The molecule has 0 aromatic heterocycles. The summed E-state index contributed by atoms with van der Waals surface area (Å²) in [6.07, 6.45) is -1.53. The lowest BCUT2D eigenvalue weighted by Gasteiger charge is -2.37. The fourth-order valence-electron chi connectivity index (χ4n) is 3.78. The Morgan fingerprint density at radius 3 is 2.56 bits per heavy atom. The van der Waals surface area contributed by atoms with E-state index in [1.165, 1.54) is 12.1 Å². The fourth-order valence-corrected chi connectivity index (χ4v) is 4.21. The van der Waals surface area contributed by atoms with Gasteiger partial charge in [-0.2, -0.15) is 13.2 Å². The Bertz CT molecular complexity index is 1100. The number of carbonyl (C=O) groups excluding carboxylic acids is 1. The summed E-state index contributed by atoms with van der Waals surface area (Å²) in [4.78, 5) is 20.1. The van der Waals surface area contributed by atoms with Gasteiger partial charge in [0.25, 0.3) is 5.91 Å². The summed E-state index contributed by atoms with van der Waals surface area (Å²) in [5, 5.41) is 6.68. The van der Waals surface area contributed by atoms with Crippen molar-refractivity contribution >= 4 is 40.5 Å². The highest BCUT2D eigenvalue weighted by molar-refractivity contribution is 7.80. The second kappa shape index (κ2) is 9.81. The van der Waals surface area contributed by atoms with Crippen molar-refractivity contribution in [1.82, 2.24) is 15.7 Å².